The summed E-state index contributed by atoms with van der Waals surface area (Å²) < 4.78 is 7.18. The van der Waals surface area contributed by atoms with Gasteiger partial charge >= 0.3 is 0 Å². The van der Waals surface area contributed by atoms with Gasteiger partial charge in [0.2, 0.25) is 0 Å². The molecule has 4 rings (SSSR count). The molecule has 3 aromatic rings. The van der Waals surface area contributed by atoms with Crippen LogP contribution in [-0.4, -0.2) is 24.9 Å². The summed E-state index contributed by atoms with van der Waals surface area (Å²) in [7, 11) is 0. The first-order valence-corrected chi connectivity index (χ1v) is 7.75. The number of hydrogen-bond acceptors (Lipinski definition) is 6. The summed E-state index contributed by atoms with van der Waals surface area (Å²) in [6, 6.07) is 5.93. The molecular weight excluding hydrogens is 292 g/mol. The van der Waals surface area contributed by atoms with Gasteiger partial charge in [-0.25, -0.2) is 9.67 Å². The van der Waals surface area contributed by atoms with E-state index < -0.39 is 5.54 Å². The first kappa shape index (κ1) is 14.1. The smallest absolute Gasteiger partial charge is 0.258 e. The second-order valence-corrected chi connectivity index (χ2v) is 6.13. The summed E-state index contributed by atoms with van der Waals surface area (Å²) in [5.74, 6) is 1.13. The Morgan fingerprint density at radius 1 is 1.26 bits per heavy atom. The molecule has 1 aliphatic rings. The van der Waals surface area contributed by atoms with Gasteiger partial charge in [-0.1, -0.05) is 18.0 Å². The lowest BCUT2D eigenvalue weighted by molar-refractivity contribution is 0.372. The van der Waals surface area contributed by atoms with Gasteiger partial charge in [-0.3, -0.25) is 0 Å². The van der Waals surface area contributed by atoms with Gasteiger partial charge in [0.05, 0.1) is 11.2 Å². The number of rotatable bonds is 3. The molecule has 0 saturated heterocycles. The summed E-state index contributed by atoms with van der Waals surface area (Å²) >= 11 is 0. The minimum Gasteiger partial charge on any atom is -0.334 e. The molecule has 0 atom stereocenters. The van der Waals surface area contributed by atoms with Gasteiger partial charge in [0, 0.05) is 5.56 Å². The van der Waals surface area contributed by atoms with Crippen LogP contribution in [0.1, 0.15) is 37.1 Å². The van der Waals surface area contributed by atoms with Crippen LogP contribution in [0, 0.1) is 6.92 Å². The molecule has 1 aromatic carbocycles. The molecule has 0 amide bonds. The van der Waals surface area contributed by atoms with Crippen molar-refractivity contribution in [3.8, 4) is 17.1 Å². The molecule has 2 N–H and O–H groups in total. The third-order valence-electron chi connectivity index (χ3n) is 4.49. The number of benzene rings is 1. The fourth-order valence-electron chi connectivity index (χ4n) is 3.14. The Hall–Kier alpha value is -2.54. The van der Waals surface area contributed by atoms with Crippen LogP contribution >= 0.6 is 0 Å². The molecule has 0 radical (unpaired) electrons. The topological polar surface area (TPSA) is 95.7 Å². The number of hydrogen-bond donors (Lipinski definition) is 1. The largest absolute Gasteiger partial charge is 0.334 e. The molecule has 0 aliphatic heterocycles. The molecule has 0 unspecified atom stereocenters. The van der Waals surface area contributed by atoms with E-state index in [1.807, 2.05) is 25.1 Å². The monoisotopic (exact) mass is 310 g/mol. The molecule has 23 heavy (non-hydrogen) atoms. The van der Waals surface area contributed by atoms with Crippen molar-refractivity contribution in [2.75, 3.05) is 0 Å². The molecule has 7 heteroatoms. The van der Waals surface area contributed by atoms with Gasteiger partial charge < -0.3 is 10.3 Å². The lowest BCUT2D eigenvalue weighted by Gasteiger charge is -2.17. The van der Waals surface area contributed by atoms with Crippen molar-refractivity contribution in [2.24, 2.45) is 5.73 Å². The van der Waals surface area contributed by atoms with E-state index in [1.54, 1.807) is 11.0 Å². The lowest BCUT2D eigenvalue weighted by Crippen LogP contribution is -2.34. The summed E-state index contributed by atoms with van der Waals surface area (Å²) in [6.45, 7) is 2.01. The molecule has 2 heterocycles. The first-order chi connectivity index (χ1) is 11.2. The van der Waals surface area contributed by atoms with Crippen molar-refractivity contribution in [1.29, 1.82) is 0 Å². The first-order valence-electron chi connectivity index (χ1n) is 7.75. The second-order valence-electron chi connectivity index (χ2n) is 6.13. The molecule has 1 saturated carbocycles. The highest BCUT2D eigenvalue weighted by Crippen LogP contribution is 2.35. The Morgan fingerprint density at radius 3 is 2.78 bits per heavy atom. The summed E-state index contributed by atoms with van der Waals surface area (Å²) in [5.41, 5.74) is 8.84. The zero-order chi connectivity index (χ0) is 15.9. The average molecular weight is 310 g/mol. The van der Waals surface area contributed by atoms with Crippen LogP contribution in [0.3, 0.4) is 0 Å². The van der Waals surface area contributed by atoms with Crippen LogP contribution in [0.15, 0.2) is 35.4 Å². The predicted molar refractivity (Wildman–Crippen MR) is 83.7 cm³/mol. The maximum Gasteiger partial charge on any atom is 0.258 e. The summed E-state index contributed by atoms with van der Waals surface area (Å²) in [6.07, 6.45) is 7.23. The average Bonchev–Trinajstić information content (AvgIpc) is 3.29. The molecule has 1 fully saturated rings. The number of nitrogens with zero attached hydrogens (tertiary/aromatic N) is 5. The van der Waals surface area contributed by atoms with Gasteiger partial charge in [0.25, 0.3) is 5.89 Å². The highest BCUT2D eigenvalue weighted by atomic mass is 16.5. The fraction of sp³-hybridized carbons (Fsp3) is 0.375. The van der Waals surface area contributed by atoms with E-state index in [-0.39, 0.29) is 0 Å². The quantitative estimate of drug-likeness (QED) is 0.797. The second kappa shape index (κ2) is 5.27. The standard InChI is InChI=1S/C16H18N6O/c1-11-8-12(22-10-18-9-19-22)4-5-13(11)14-20-15(21-23-14)16(17)6-2-3-7-16/h4-5,8-10H,2-3,6-7,17H2,1H3. The number of aryl methyl sites for hydroxylation is 1. The minimum absolute atomic E-state index is 0.434. The summed E-state index contributed by atoms with van der Waals surface area (Å²) in [5, 5.41) is 8.25. The zero-order valence-electron chi connectivity index (χ0n) is 12.9. The van der Waals surface area contributed by atoms with Crippen molar-refractivity contribution < 1.29 is 4.52 Å². The van der Waals surface area contributed by atoms with Gasteiger partial charge in [-0.2, -0.15) is 10.1 Å². The Morgan fingerprint density at radius 2 is 2.09 bits per heavy atom. The van der Waals surface area contributed by atoms with Crippen molar-refractivity contribution in [1.82, 2.24) is 24.9 Å². The van der Waals surface area contributed by atoms with Gasteiger partial charge in [0.1, 0.15) is 12.7 Å². The van der Waals surface area contributed by atoms with E-state index in [4.69, 9.17) is 10.3 Å². The van der Waals surface area contributed by atoms with E-state index in [1.165, 1.54) is 6.33 Å². The van der Waals surface area contributed by atoms with Crippen molar-refractivity contribution in [3.63, 3.8) is 0 Å². The van der Waals surface area contributed by atoms with Gasteiger partial charge in [0.15, 0.2) is 5.82 Å². The fourth-order valence-corrected chi connectivity index (χ4v) is 3.14. The Balaban J connectivity index is 1.67. The van der Waals surface area contributed by atoms with Gasteiger partial charge in [-0.05, 0) is 43.5 Å². The molecular formula is C16H18N6O. The molecule has 118 valence electrons. The minimum atomic E-state index is -0.434. The molecule has 7 nitrogen and oxygen atoms in total. The third kappa shape index (κ3) is 2.43. The van der Waals surface area contributed by atoms with E-state index in [9.17, 15) is 0 Å². The van der Waals surface area contributed by atoms with Crippen molar-refractivity contribution >= 4 is 0 Å². The molecule has 2 aromatic heterocycles. The van der Waals surface area contributed by atoms with E-state index in [0.29, 0.717) is 11.7 Å². The van der Waals surface area contributed by atoms with E-state index >= 15 is 0 Å². The SMILES string of the molecule is Cc1cc(-n2cncn2)ccc1-c1nc(C2(N)CCCC2)no1. The van der Waals surface area contributed by atoms with Crippen LogP contribution in [-0.2, 0) is 5.54 Å². The van der Waals surface area contributed by atoms with Crippen LogP contribution < -0.4 is 5.73 Å². The van der Waals surface area contributed by atoms with Crippen molar-refractivity contribution in [2.45, 2.75) is 38.1 Å². The van der Waals surface area contributed by atoms with E-state index in [2.05, 4.69) is 20.2 Å². The Labute approximate surface area is 133 Å². The Kier molecular flexibility index (Phi) is 3.23. The summed E-state index contributed by atoms with van der Waals surface area (Å²) in [4.78, 5) is 8.51. The highest BCUT2D eigenvalue weighted by Gasteiger charge is 2.36. The highest BCUT2D eigenvalue weighted by molar-refractivity contribution is 5.61. The van der Waals surface area contributed by atoms with Crippen LogP contribution in [0.4, 0.5) is 0 Å². The van der Waals surface area contributed by atoms with E-state index in [0.717, 1.165) is 42.5 Å². The van der Waals surface area contributed by atoms with Gasteiger partial charge in [-0.15, -0.1) is 0 Å². The van der Waals surface area contributed by atoms with Crippen LogP contribution in [0.2, 0.25) is 0 Å². The molecule has 0 bridgehead atoms. The van der Waals surface area contributed by atoms with Crippen molar-refractivity contribution in [3.05, 3.63) is 42.2 Å². The third-order valence-corrected chi connectivity index (χ3v) is 4.49. The zero-order valence-corrected chi connectivity index (χ0v) is 12.9. The maximum atomic E-state index is 6.39. The normalized spacial score (nSPS) is 16.8. The Bertz CT molecular complexity index is 817. The van der Waals surface area contributed by atoms with Crippen LogP contribution in [0.25, 0.3) is 17.1 Å². The molecule has 0 spiro atoms. The number of nitrogens with two attached hydrogens (primary N) is 1. The lowest BCUT2D eigenvalue weighted by atomic mass is 9.98. The predicted octanol–water partition coefficient (Wildman–Crippen LogP) is 2.35. The molecule has 1 aliphatic carbocycles. The number of aromatic nitrogens is 5. The van der Waals surface area contributed by atoms with Crippen LogP contribution in [0.5, 0.6) is 0 Å². The maximum absolute atomic E-state index is 6.39.